The van der Waals surface area contributed by atoms with E-state index in [9.17, 15) is 13.4 Å². The molecule has 1 amide bonds. The average Bonchev–Trinajstić information content (AvgIpc) is 3.54. The lowest BCUT2D eigenvalue weighted by molar-refractivity contribution is -0.117. The predicted octanol–water partition coefficient (Wildman–Crippen LogP) is 4.02. The van der Waals surface area contributed by atoms with Crippen molar-refractivity contribution in [2.24, 2.45) is 5.92 Å². The summed E-state index contributed by atoms with van der Waals surface area (Å²) >= 11 is 0. The molecule has 1 atom stereocenters. The lowest BCUT2D eigenvalue weighted by Gasteiger charge is -2.08. The summed E-state index contributed by atoms with van der Waals surface area (Å²) in [6, 6.07) is 18.5. The Balaban J connectivity index is 1.36. The van der Waals surface area contributed by atoms with Crippen LogP contribution < -0.4 is 10.0 Å². The molecule has 9 heteroatoms. The van der Waals surface area contributed by atoms with Crippen LogP contribution in [0.3, 0.4) is 0 Å². The third-order valence-electron chi connectivity index (χ3n) is 4.96. The van der Waals surface area contributed by atoms with Crippen LogP contribution in [0, 0.1) is 11.7 Å². The molecule has 1 aliphatic carbocycles. The maximum atomic E-state index is 13.0. The molecule has 0 aliphatic heterocycles. The van der Waals surface area contributed by atoms with Crippen LogP contribution in [0.5, 0.6) is 0 Å². The number of pyridine rings is 1. The van der Waals surface area contributed by atoms with Gasteiger partial charge in [-0.1, -0.05) is 18.2 Å². The molecule has 2 heterocycles. The highest BCUT2D eigenvalue weighted by molar-refractivity contribution is 7.86. The Morgan fingerprint density at radius 2 is 1.77 bits per heavy atom. The Morgan fingerprint density at radius 3 is 2.48 bits per heavy atom. The first-order chi connectivity index (χ1) is 15.1. The van der Waals surface area contributed by atoms with Gasteiger partial charge in [-0.25, -0.2) is 13.1 Å². The molecule has 2 N–H and O–H groups in total. The van der Waals surface area contributed by atoms with E-state index in [0.29, 0.717) is 16.2 Å². The number of rotatable bonds is 6. The topological polar surface area (TPSA) is 88.4 Å². The number of benzene rings is 2. The first-order valence-corrected chi connectivity index (χ1v) is 10.9. The van der Waals surface area contributed by atoms with Crippen molar-refractivity contribution in [3.8, 4) is 11.3 Å². The Kier molecular flexibility index (Phi) is 4.95. The first-order valence-electron chi connectivity index (χ1n) is 9.78. The molecule has 7 nitrogen and oxygen atoms in total. The van der Waals surface area contributed by atoms with Crippen LogP contribution in [0.4, 0.5) is 16.0 Å². The lowest BCUT2D eigenvalue weighted by atomic mass is 10.1. The van der Waals surface area contributed by atoms with Gasteiger partial charge in [-0.3, -0.25) is 10.1 Å². The summed E-state index contributed by atoms with van der Waals surface area (Å²) in [5, 5.41) is 7.21. The summed E-state index contributed by atoms with van der Waals surface area (Å²) in [6.45, 7) is 0. The van der Waals surface area contributed by atoms with Gasteiger partial charge >= 0.3 is 0 Å². The Morgan fingerprint density at radius 1 is 1.03 bits per heavy atom. The molecule has 1 aliphatic rings. The van der Waals surface area contributed by atoms with Crippen LogP contribution in [0.25, 0.3) is 16.9 Å². The summed E-state index contributed by atoms with van der Waals surface area (Å²) in [7, 11) is -1.50. The van der Waals surface area contributed by atoms with Crippen LogP contribution in [-0.4, -0.2) is 24.7 Å². The van der Waals surface area contributed by atoms with Crippen molar-refractivity contribution in [2.75, 3.05) is 10.0 Å². The molecule has 2 aromatic carbocycles. The molecule has 31 heavy (non-hydrogen) atoms. The molecule has 0 saturated heterocycles. The monoisotopic (exact) mass is 435 g/mol. The van der Waals surface area contributed by atoms with Gasteiger partial charge in [0, 0.05) is 17.2 Å². The van der Waals surface area contributed by atoms with Gasteiger partial charge in [0.15, 0.2) is 5.65 Å². The van der Waals surface area contributed by atoms with Gasteiger partial charge < -0.3 is 4.72 Å². The number of nitrogens with zero attached hydrogens (tertiary/aromatic N) is 3. The third-order valence-corrected chi connectivity index (χ3v) is 6.08. The minimum absolute atomic E-state index is 0.0398. The van der Waals surface area contributed by atoms with Crippen LogP contribution >= 0.6 is 0 Å². The smallest absolute Gasteiger partial charge is 0.249 e. The number of carbonyl (C=O) groups excluding carboxylic acids is 1. The number of anilines is 2. The van der Waals surface area contributed by atoms with E-state index in [-0.39, 0.29) is 23.6 Å². The fraction of sp³-hybridized carbons (Fsp3) is 0.136. The number of aromatic nitrogens is 3. The summed E-state index contributed by atoms with van der Waals surface area (Å²) in [5.41, 5.74) is 2.98. The van der Waals surface area contributed by atoms with Gasteiger partial charge in [0.1, 0.15) is 16.8 Å². The number of hydrogen-bond acceptors (Lipinski definition) is 4. The highest BCUT2D eigenvalue weighted by atomic mass is 32.2. The zero-order chi connectivity index (χ0) is 21.4. The first kappa shape index (κ1) is 19.4. The van der Waals surface area contributed by atoms with Gasteiger partial charge in [-0.05, 0) is 61.4 Å². The molecule has 2 aromatic heterocycles. The number of carbonyl (C=O) groups is 1. The number of nitrogens with one attached hydrogen (secondary N) is 2. The predicted molar refractivity (Wildman–Crippen MR) is 116 cm³/mol. The van der Waals surface area contributed by atoms with Gasteiger partial charge in [0.2, 0.25) is 11.9 Å². The van der Waals surface area contributed by atoms with E-state index in [4.69, 9.17) is 0 Å². The van der Waals surface area contributed by atoms with E-state index in [1.807, 2.05) is 42.5 Å². The maximum absolute atomic E-state index is 13.0. The van der Waals surface area contributed by atoms with Gasteiger partial charge in [-0.15, -0.1) is 5.10 Å². The fourth-order valence-corrected chi connectivity index (χ4v) is 4.02. The molecule has 5 rings (SSSR count). The zero-order valence-electron chi connectivity index (χ0n) is 16.3. The highest BCUT2D eigenvalue weighted by Gasteiger charge is 2.30. The van der Waals surface area contributed by atoms with Gasteiger partial charge in [0.25, 0.3) is 0 Å². The second-order valence-electron chi connectivity index (χ2n) is 7.28. The van der Waals surface area contributed by atoms with Crippen molar-refractivity contribution in [3.05, 3.63) is 72.5 Å². The quantitative estimate of drug-likeness (QED) is 0.479. The van der Waals surface area contributed by atoms with Crippen molar-refractivity contribution in [1.29, 1.82) is 0 Å². The molecular weight excluding hydrogens is 417 g/mol. The van der Waals surface area contributed by atoms with Crippen LogP contribution in [0.15, 0.2) is 71.6 Å². The molecule has 1 fully saturated rings. The minimum Gasteiger partial charge on any atom is -0.301 e. The zero-order valence-corrected chi connectivity index (χ0v) is 17.1. The maximum Gasteiger partial charge on any atom is 0.249 e. The second-order valence-corrected chi connectivity index (χ2v) is 8.50. The second kappa shape index (κ2) is 7.92. The summed E-state index contributed by atoms with van der Waals surface area (Å²) in [5.74, 6) is -0.0476. The van der Waals surface area contributed by atoms with E-state index >= 15 is 0 Å². The molecule has 4 aromatic rings. The van der Waals surface area contributed by atoms with Crippen molar-refractivity contribution >= 4 is 34.2 Å². The van der Waals surface area contributed by atoms with Crippen molar-refractivity contribution < 1.29 is 13.4 Å². The Bertz CT molecular complexity index is 1280. The van der Waals surface area contributed by atoms with E-state index < -0.39 is 11.0 Å². The summed E-state index contributed by atoms with van der Waals surface area (Å²) in [4.78, 5) is 16.9. The average molecular weight is 435 g/mol. The van der Waals surface area contributed by atoms with Crippen LogP contribution in [0.1, 0.15) is 12.8 Å². The number of halogens is 1. The van der Waals surface area contributed by atoms with E-state index in [0.717, 1.165) is 24.1 Å². The molecule has 0 spiro atoms. The summed E-state index contributed by atoms with van der Waals surface area (Å²) < 4.78 is 30.0. The van der Waals surface area contributed by atoms with Crippen molar-refractivity contribution in [2.45, 2.75) is 17.7 Å². The number of fused-ring (bicyclic) bond motifs is 1. The van der Waals surface area contributed by atoms with Crippen molar-refractivity contribution in [1.82, 2.24) is 14.6 Å². The van der Waals surface area contributed by atoms with E-state index in [2.05, 4.69) is 20.1 Å². The molecule has 1 saturated carbocycles. The standard InChI is InChI=1S/C22H18FN5O2S/c23-16-8-12-18(13-9-16)31(30)27-17-10-6-14(7-11-17)19-2-1-3-20-24-22(26-28(19)20)25-21(29)15-4-5-15/h1-3,6-13,15,27H,4-5H2,(H,25,26,29). The number of hydrogen-bond donors (Lipinski definition) is 2. The third kappa shape index (κ3) is 4.17. The van der Waals surface area contributed by atoms with E-state index in [1.165, 1.54) is 24.3 Å². The fourth-order valence-electron chi connectivity index (χ4n) is 3.17. The molecule has 1 unspecified atom stereocenters. The Hall–Kier alpha value is -3.59. The van der Waals surface area contributed by atoms with Crippen LogP contribution in [-0.2, 0) is 15.8 Å². The normalized spacial score (nSPS) is 14.4. The summed E-state index contributed by atoms with van der Waals surface area (Å²) in [6.07, 6.45) is 1.83. The van der Waals surface area contributed by atoms with Crippen LogP contribution in [0.2, 0.25) is 0 Å². The lowest BCUT2D eigenvalue weighted by Crippen LogP contribution is -2.14. The Labute approximate surface area is 179 Å². The minimum atomic E-state index is -1.50. The van der Waals surface area contributed by atoms with E-state index in [1.54, 1.807) is 4.52 Å². The molecule has 156 valence electrons. The molecule has 0 radical (unpaired) electrons. The van der Waals surface area contributed by atoms with Gasteiger partial charge in [0.05, 0.1) is 10.6 Å². The molecular formula is C22H18FN5O2S. The highest BCUT2D eigenvalue weighted by Crippen LogP contribution is 2.30. The SMILES string of the molecule is O=C(Nc1nc2cccc(-c3ccc(NS(=O)c4ccc(F)cc4)cc3)n2n1)C1CC1. The molecule has 0 bridgehead atoms. The largest absolute Gasteiger partial charge is 0.301 e. The number of amides is 1. The van der Waals surface area contributed by atoms with Gasteiger partial charge in [-0.2, -0.15) is 4.98 Å². The van der Waals surface area contributed by atoms with Crippen molar-refractivity contribution in [3.63, 3.8) is 0 Å².